The third-order valence-corrected chi connectivity index (χ3v) is 2.69. The van der Waals surface area contributed by atoms with Gasteiger partial charge >= 0.3 is 0 Å². The second kappa shape index (κ2) is 4.55. The second-order valence-electron chi connectivity index (χ2n) is 3.52. The highest BCUT2D eigenvalue weighted by atomic mass is 14.5. The third kappa shape index (κ3) is 2.66. The molecule has 0 spiro atoms. The van der Waals surface area contributed by atoms with Crippen molar-refractivity contribution in [3.05, 3.63) is 11.6 Å². The monoisotopic (exact) mass is 153 g/mol. The first kappa shape index (κ1) is 8.79. The normalized spacial score (nSPS) is 22.2. The van der Waals surface area contributed by atoms with Crippen LogP contribution in [0.4, 0.5) is 0 Å². The van der Waals surface area contributed by atoms with Gasteiger partial charge in [0.05, 0.1) is 0 Å². The molecule has 0 amide bonds. The van der Waals surface area contributed by atoms with Gasteiger partial charge in [0.15, 0.2) is 0 Å². The maximum absolute atomic E-state index is 5.46. The van der Waals surface area contributed by atoms with Crippen molar-refractivity contribution < 1.29 is 0 Å². The summed E-state index contributed by atoms with van der Waals surface area (Å²) < 4.78 is 0. The van der Waals surface area contributed by atoms with Crippen molar-refractivity contribution in [2.75, 3.05) is 6.54 Å². The average molecular weight is 153 g/mol. The van der Waals surface area contributed by atoms with Gasteiger partial charge in [-0.1, -0.05) is 30.9 Å². The van der Waals surface area contributed by atoms with Crippen molar-refractivity contribution in [2.45, 2.75) is 39.0 Å². The first-order chi connectivity index (χ1) is 5.34. The predicted molar refractivity (Wildman–Crippen MR) is 49.4 cm³/mol. The number of hydrogen-bond acceptors (Lipinski definition) is 1. The summed E-state index contributed by atoms with van der Waals surface area (Å²) in [6.07, 6.45) is 9.23. The summed E-state index contributed by atoms with van der Waals surface area (Å²) in [5.74, 6) is 0.854. The standard InChI is InChI=1S/C10H19N/c1-9(7-8-11)10-5-3-2-4-6-10/h7,10H,2-6,8,11H2,1H3. The second-order valence-corrected chi connectivity index (χ2v) is 3.52. The van der Waals surface area contributed by atoms with Gasteiger partial charge in [-0.25, -0.2) is 0 Å². The van der Waals surface area contributed by atoms with Crippen molar-refractivity contribution in [3.63, 3.8) is 0 Å². The molecule has 0 aromatic rings. The lowest BCUT2D eigenvalue weighted by Gasteiger charge is -2.22. The van der Waals surface area contributed by atoms with Gasteiger partial charge in [-0.15, -0.1) is 0 Å². The number of rotatable bonds is 2. The smallest absolute Gasteiger partial charge is 0.0109 e. The molecule has 1 saturated carbocycles. The minimum atomic E-state index is 0.711. The Hall–Kier alpha value is -0.300. The van der Waals surface area contributed by atoms with Gasteiger partial charge in [0, 0.05) is 6.54 Å². The molecule has 0 bridgehead atoms. The van der Waals surface area contributed by atoms with Crippen LogP contribution in [0.15, 0.2) is 11.6 Å². The molecule has 1 aliphatic rings. The minimum Gasteiger partial charge on any atom is -0.327 e. The SMILES string of the molecule is CC(=CCN)C1CCCCC1. The van der Waals surface area contributed by atoms with Crippen LogP contribution in [-0.2, 0) is 0 Å². The summed E-state index contributed by atoms with van der Waals surface area (Å²) in [7, 11) is 0. The molecule has 11 heavy (non-hydrogen) atoms. The maximum Gasteiger partial charge on any atom is 0.0109 e. The Kier molecular flexibility index (Phi) is 3.64. The molecule has 1 fully saturated rings. The summed E-state index contributed by atoms with van der Waals surface area (Å²) in [5.41, 5.74) is 6.98. The summed E-state index contributed by atoms with van der Waals surface area (Å²) in [5, 5.41) is 0. The summed E-state index contributed by atoms with van der Waals surface area (Å²) >= 11 is 0. The molecule has 1 rings (SSSR count). The zero-order valence-corrected chi connectivity index (χ0v) is 7.47. The van der Waals surface area contributed by atoms with E-state index in [9.17, 15) is 0 Å². The summed E-state index contributed by atoms with van der Waals surface area (Å²) in [6.45, 7) is 2.94. The van der Waals surface area contributed by atoms with E-state index in [-0.39, 0.29) is 0 Å². The van der Waals surface area contributed by atoms with Crippen molar-refractivity contribution in [2.24, 2.45) is 11.7 Å². The molecule has 64 valence electrons. The topological polar surface area (TPSA) is 26.0 Å². The van der Waals surface area contributed by atoms with Crippen LogP contribution in [0.1, 0.15) is 39.0 Å². The highest BCUT2D eigenvalue weighted by Crippen LogP contribution is 2.28. The fourth-order valence-corrected chi connectivity index (χ4v) is 1.91. The zero-order valence-electron chi connectivity index (χ0n) is 7.47. The minimum absolute atomic E-state index is 0.711. The maximum atomic E-state index is 5.46. The van der Waals surface area contributed by atoms with Crippen LogP contribution in [0, 0.1) is 5.92 Å². The number of allylic oxidation sites excluding steroid dienone is 1. The Labute approximate surface area is 69.7 Å². The van der Waals surface area contributed by atoms with Crippen LogP contribution >= 0.6 is 0 Å². The molecule has 0 radical (unpaired) electrons. The van der Waals surface area contributed by atoms with Crippen LogP contribution in [0.3, 0.4) is 0 Å². The van der Waals surface area contributed by atoms with Crippen LogP contribution < -0.4 is 5.73 Å². The number of nitrogens with two attached hydrogens (primary N) is 1. The molecule has 0 aromatic heterocycles. The molecular formula is C10H19N. The van der Waals surface area contributed by atoms with Gasteiger partial charge in [0.25, 0.3) is 0 Å². The lowest BCUT2D eigenvalue weighted by atomic mass is 9.84. The van der Waals surface area contributed by atoms with Crippen molar-refractivity contribution in [1.29, 1.82) is 0 Å². The molecule has 0 heterocycles. The Morgan fingerprint density at radius 2 is 2.00 bits per heavy atom. The first-order valence-electron chi connectivity index (χ1n) is 4.71. The van der Waals surface area contributed by atoms with Crippen molar-refractivity contribution in [1.82, 2.24) is 0 Å². The van der Waals surface area contributed by atoms with E-state index >= 15 is 0 Å². The van der Waals surface area contributed by atoms with E-state index in [0.29, 0.717) is 6.54 Å². The predicted octanol–water partition coefficient (Wildman–Crippen LogP) is 2.47. The van der Waals surface area contributed by atoms with Gasteiger partial charge in [-0.05, 0) is 25.7 Å². The zero-order chi connectivity index (χ0) is 8.10. The molecule has 0 aliphatic heterocycles. The van der Waals surface area contributed by atoms with E-state index in [2.05, 4.69) is 13.0 Å². The highest BCUT2D eigenvalue weighted by molar-refractivity contribution is 5.04. The number of hydrogen-bond donors (Lipinski definition) is 1. The molecule has 1 nitrogen and oxygen atoms in total. The Bertz CT molecular complexity index is 132. The van der Waals surface area contributed by atoms with E-state index < -0.39 is 0 Å². The molecule has 0 atom stereocenters. The lowest BCUT2D eigenvalue weighted by Crippen LogP contribution is -2.08. The summed E-state index contributed by atoms with van der Waals surface area (Å²) in [6, 6.07) is 0. The highest BCUT2D eigenvalue weighted by Gasteiger charge is 2.13. The van der Waals surface area contributed by atoms with Gasteiger partial charge in [-0.3, -0.25) is 0 Å². The molecule has 0 saturated heterocycles. The lowest BCUT2D eigenvalue weighted by molar-refractivity contribution is 0.402. The van der Waals surface area contributed by atoms with Crippen LogP contribution in [-0.4, -0.2) is 6.54 Å². The Balaban J connectivity index is 2.38. The van der Waals surface area contributed by atoms with Gasteiger partial charge in [0.1, 0.15) is 0 Å². The van der Waals surface area contributed by atoms with E-state index in [0.717, 1.165) is 5.92 Å². The molecular weight excluding hydrogens is 134 g/mol. The third-order valence-electron chi connectivity index (χ3n) is 2.69. The van der Waals surface area contributed by atoms with Crippen molar-refractivity contribution >= 4 is 0 Å². The molecule has 1 heteroatoms. The average Bonchev–Trinajstić information content (AvgIpc) is 2.07. The van der Waals surface area contributed by atoms with Crippen LogP contribution in [0.5, 0.6) is 0 Å². The molecule has 0 unspecified atom stereocenters. The van der Waals surface area contributed by atoms with E-state index in [1.807, 2.05) is 0 Å². The van der Waals surface area contributed by atoms with Gasteiger partial charge < -0.3 is 5.73 Å². The largest absolute Gasteiger partial charge is 0.327 e. The molecule has 2 N–H and O–H groups in total. The van der Waals surface area contributed by atoms with Crippen LogP contribution in [0.25, 0.3) is 0 Å². The first-order valence-corrected chi connectivity index (χ1v) is 4.71. The van der Waals surface area contributed by atoms with Crippen molar-refractivity contribution in [3.8, 4) is 0 Å². The van der Waals surface area contributed by atoms with Gasteiger partial charge in [0.2, 0.25) is 0 Å². The van der Waals surface area contributed by atoms with E-state index in [1.54, 1.807) is 0 Å². The van der Waals surface area contributed by atoms with Gasteiger partial charge in [-0.2, -0.15) is 0 Å². The molecule has 1 aliphatic carbocycles. The fraction of sp³-hybridized carbons (Fsp3) is 0.800. The Morgan fingerprint density at radius 3 is 2.55 bits per heavy atom. The van der Waals surface area contributed by atoms with E-state index in [4.69, 9.17) is 5.73 Å². The summed E-state index contributed by atoms with van der Waals surface area (Å²) in [4.78, 5) is 0. The molecule has 0 aromatic carbocycles. The quantitative estimate of drug-likeness (QED) is 0.606. The van der Waals surface area contributed by atoms with E-state index in [1.165, 1.54) is 37.7 Å². The fourth-order valence-electron chi connectivity index (χ4n) is 1.91. The van der Waals surface area contributed by atoms with Crippen LogP contribution in [0.2, 0.25) is 0 Å². The Morgan fingerprint density at radius 1 is 1.36 bits per heavy atom.